The lowest BCUT2D eigenvalue weighted by Crippen LogP contribution is -2.28. The van der Waals surface area contributed by atoms with Gasteiger partial charge >= 0.3 is 0 Å². The van der Waals surface area contributed by atoms with Crippen LogP contribution in [0.25, 0.3) is 11.0 Å². The summed E-state index contributed by atoms with van der Waals surface area (Å²) in [5, 5.41) is 0. The van der Waals surface area contributed by atoms with Crippen LogP contribution in [-0.2, 0) is 12.0 Å². The second kappa shape index (κ2) is 6.04. The van der Waals surface area contributed by atoms with Gasteiger partial charge in [0.15, 0.2) is 0 Å². The van der Waals surface area contributed by atoms with Crippen molar-refractivity contribution >= 4 is 22.6 Å². The fourth-order valence-corrected chi connectivity index (χ4v) is 3.06. The molecular formula is C16H23ClN2O. The minimum absolute atomic E-state index is 0.0412. The van der Waals surface area contributed by atoms with Crippen LogP contribution in [0.1, 0.15) is 39.4 Å². The van der Waals surface area contributed by atoms with E-state index in [4.69, 9.17) is 21.3 Å². The summed E-state index contributed by atoms with van der Waals surface area (Å²) >= 11 is 5.94. The van der Waals surface area contributed by atoms with Gasteiger partial charge in [0.05, 0.1) is 18.1 Å². The largest absolute Gasteiger partial charge is 0.497 e. The standard InChI is InChI=1S/C16H23ClN2O/c1-5-9-16(2,3)19-14-7-6-12(20-4)11-13(14)18-15(19)8-10-17/h6-7,11H,5,8-10H2,1-4H3. The molecule has 0 unspecified atom stereocenters. The zero-order chi connectivity index (χ0) is 14.8. The average molecular weight is 295 g/mol. The van der Waals surface area contributed by atoms with E-state index in [1.165, 1.54) is 0 Å². The maximum absolute atomic E-state index is 5.94. The Morgan fingerprint density at radius 2 is 2.10 bits per heavy atom. The number of aryl methyl sites for hydroxylation is 1. The van der Waals surface area contributed by atoms with E-state index in [1.54, 1.807) is 7.11 Å². The summed E-state index contributed by atoms with van der Waals surface area (Å²) < 4.78 is 7.63. The Morgan fingerprint density at radius 1 is 1.35 bits per heavy atom. The number of rotatable bonds is 6. The maximum Gasteiger partial charge on any atom is 0.121 e. The highest BCUT2D eigenvalue weighted by atomic mass is 35.5. The van der Waals surface area contributed by atoms with E-state index in [1.807, 2.05) is 12.1 Å². The Labute approximate surface area is 125 Å². The topological polar surface area (TPSA) is 27.1 Å². The van der Waals surface area contributed by atoms with Gasteiger partial charge in [0.2, 0.25) is 0 Å². The maximum atomic E-state index is 5.94. The number of imidazole rings is 1. The summed E-state index contributed by atoms with van der Waals surface area (Å²) in [5.74, 6) is 2.48. The molecular weight excluding hydrogens is 272 g/mol. The second-order valence-corrected chi connectivity index (χ2v) is 6.10. The molecule has 2 aromatic rings. The van der Waals surface area contributed by atoms with Gasteiger partial charge in [-0.1, -0.05) is 13.3 Å². The molecule has 0 atom stereocenters. The number of fused-ring (bicyclic) bond motifs is 1. The lowest BCUT2D eigenvalue weighted by atomic mass is 9.97. The van der Waals surface area contributed by atoms with Crippen molar-refractivity contribution in [2.24, 2.45) is 0 Å². The van der Waals surface area contributed by atoms with Crippen LogP contribution in [0.2, 0.25) is 0 Å². The molecule has 0 N–H and O–H groups in total. The Bertz CT molecular complexity index is 589. The molecule has 0 radical (unpaired) electrons. The summed E-state index contributed by atoms with van der Waals surface area (Å²) in [6.45, 7) is 6.74. The van der Waals surface area contributed by atoms with E-state index in [-0.39, 0.29) is 5.54 Å². The van der Waals surface area contributed by atoms with Gasteiger partial charge in [-0.2, -0.15) is 0 Å². The molecule has 0 aliphatic carbocycles. The highest BCUT2D eigenvalue weighted by Gasteiger charge is 2.25. The minimum Gasteiger partial charge on any atom is -0.497 e. The number of hydrogen-bond donors (Lipinski definition) is 0. The Morgan fingerprint density at radius 3 is 2.70 bits per heavy atom. The fourth-order valence-electron chi connectivity index (χ4n) is 2.89. The molecule has 4 heteroatoms. The highest BCUT2D eigenvalue weighted by molar-refractivity contribution is 6.17. The Balaban J connectivity index is 2.62. The molecule has 3 nitrogen and oxygen atoms in total. The number of methoxy groups -OCH3 is 1. The first-order chi connectivity index (χ1) is 9.53. The number of ether oxygens (including phenoxy) is 1. The SMILES string of the molecule is CCCC(C)(C)n1c(CCCl)nc2cc(OC)ccc21. The van der Waals surface area contributed by atoms with Crippen LogP contribution in [0, 0.1) is 0 Å². The molecule has 1 aromatic carbocycles. The van der Waals surface area contributed by atoms with Gasteiger partial charge in [0, 0.05) is 23.9 Å². The van der Waals surface area contributed by atoms with Gasteiger partial charge < -0.3 is 9.30 Å². The highest BCUT2D eigenvalue weighted by Crippen LogP contribution is 2.31. The van der Waals surface area contributed by atoms with Gasteiger partial charge in [-0.25, -0.2) is 4.98 Å². The molecule has 0 saturated heterocycles. The van der Waals surface area contributed by atoms with Crippen LogP contribution in [0.3, 0.4) is 0 Å². The molecule has 0 saturated carbocycles. The first-order valence-corrected chi connectivity index (χ1v) is 7.68. The zero-order valence-corrected chi connectivity index (χ0v) is 13.5. The predicted octanol–water partition coefficient (Wildman–Crippen LogP) is 4.36. The van der Waals surface area contributed by atoms with Gasteiger partial charge in [0.1, 0.15) is 11.6 Å². The number of alkyl halides is 1. The van der Waals surface area contributed by atoms with E-state index in [0.29, 0.717) is 5.88 Å². The summed E-state index contributed by atoms with van der Waals surface area (Å²) in [4.78, 5) is 4.76. The van der Waals surface area contributed by atoms with Crippen LogP contribution in [0.15, 0.2) is 18.2 Å². The van der Waals surface area contributed by atoms with Crippen molar-refractivity contribution < 1.29 is 4.74 Å². The van der Waals surface area contributed by atoms with Crippen molar-refractivity contribution in [1.29, 1.82) is 0 Å². The third kappa shape index (κ3) is 2.78. The van der Waals surface area contributed by atoms with E-state index < -0.39 is 0 Å². The first-order valence-electron chi connectivity index (χ1n) is 7.15. The third-order valence-corrected chi connectivity index (χ3v) is 3.91. The summed E-state index contributed by atoms with van der Waals surface area (Å²) in [6, 6.07) is 6.08. The van der Waals surface area contributed by atoms with Crippen LogP contribution in [-0.4, -0.2) is 22.5 Å². The van der Waals surface area contributed by atoms with E-state index in [9.17, 15) is 0 Å². The molecule has 0 amide bonds. The molecule has 20 heavy (non-hydrogen) atoms. The van der Waals surface area contributed by atoms with Gasteiger partial charge in [-0.3, -0.25) is 0 Å². The lowest BCUT2D eigenvalue weighted by Gasteiger charge is -2.29. The molecule has 110 valence electrons. The Kier molecular flexibility index (Phi) is 4.59. The van der Waals surface area contributed by atoms with Gasteiger partial charge in [0.25, 0.3) is 0 Å². The van der Waals surface area contributed by atoms with E-state index >= 15 is 0 Å². The van der Waals surface area contributed by atoms with E-state index in [0.717, 1.165) is 41.9 Å². The molecule has 2 rings (SSSR count). The molecule has 0 spiro atoms. The van der Waals surface area contributed by atoms with E-state index in [2.05, 4.69) is 31.4 Å². The normalized spacial score (nSPS) is 12.1. The van der Waals surface area contributed by atoms with Crippen molar-refractivity contribution in [3.05, 3.63) is 24.0 Å². The molecule has 0 bridgehead atoms. The molecule has 0 aliphatic heterocycles. The van der Waals surface area contributed by atoms with Crippen molar-refractivity contribution in [1.82, 2.24) is 9.55 Å². The van der Waals surface area contributed by atoms with Crippen LogP contribution < -0.4 is 4.74 Å². The molecule has 0 fully saturated rings. The third-order valence-electron chi connectivity index (χ3n) is 3.72. The average Bonchev–Trinajstić information content (AvgIpc) is 2.76. The molecule has 1 aromatic heterocycles. The summed E-state index contributed by atoms with van der Waals surface area (Å²) in [5.41, 5.74) is 2.18. The fraction of sp³-hybridized carbons (Fsp3) is 0.562. The van der Waals surface area contributed by atoms with Gasteiger partial charge in [-0.05, 0) is 32.4 Å². The minimum atomic E-state index is 0.0412. The zero-order valence-electron chi connectivity index (χ0n) is 12.7. The monoisotopic (exact) mass is 294 g/mol. The quantitative estimate of drug-likeness (QED) is 0.740. The molecule has 0 aliphatic rings. The smallest absolute Gasteiger partial charge is 0.121 e. The van der Waals surface area contributed by atoms with Crippen LogP contribution in [0.4, 0.5) is 0 Å². The first kappa shape index (κ1) is 15.2. The second-order valence-electron chi connectivity index (χ2n) is 5.72. The number of hydrogen-bond acceptors (Lipinski definition) is 2. The molecule has 1 heterocycles. The predicted molar refractivity (Wildman–Crippen MR) is 84.9 cm³/mol. The summed E-state index contributed by atoms with van der Waals surface area (Å²) in [6.07, 6.45) is 3.04. The van der Waals surface area contributed by atoms with Crippen LogP contribution in [0.5, 0.6) is 5.75 Å². The van der Waals surface area contributed by atoms with Crippen molar-refractivity contribution in [3.63, 3.8) is 0 Å². The lowest BCUT2D eigenvalue weighted by molar-refractivity contribution is 0.324. The number of benzene rings is 1. The van der Waals surface area contributed by atoms with Crippen molar-refractivity contribution in [2.75, 3.05) is 13.0 Å². The van der Waals surface area contributed by atoms with Crippen molar-refractivity contribution in [3.8, 4) is 5.75 Å². The van der Waals surface area contributed by atoms with Crippen LogP contribution >= 0.6 is 11.6 Å². The summed E-state index contributed by atoms with van der Waals surface area (Å²) in [7, 11) is 1.68. The Hall–Kier alpha value is -1.22. The number of halogens is 1. The van der Waals surface area contributed by atoms with Crippen molar-refractivity contribution in [2.45, 2.75) is 45.6 Å². The number of aromatic nitrogens is 2. The number of nitrogens with zero attached hydrogens (tertiary/aromatic N) is 2. The van der Waals surface area contributed by atoms with Gasteiger partial charge in [-0.15, -0.1) is 11.6 Å².